The Labute approximate surface area is 98.8 Å². The predicted octanol–water partition coefficient (Wildman–Crippen LogP) is 1.44. The van der Waals surface area contributed by atoms with Gasteiger partial charge in [0.1, 0.15) is 0 Å². The van der Waals surface area contributed by atoms with E-state index < -0.39 is 5.41 Å². The lowest BCUT2D eigenvalue weighted by atomic mass is 9.79. The first-order valence-electron chi connectivity index (χ1n) is 5.38. The van der Waals surface area contributed by atoms with Crippen molar-refractivity contribution in [1.29, 1.82) is 0 Å². The quantitative estimate of drug-likeness (QED) is 0.840. The van der Waals surface area contributed by atoms with Gasteiger partial charge in [0.15, 0.2) is 0 Å². The van der Waals surface area contributed by atoms with Crippen LogP contribution in [0, 0.1) is 5.41 Å². The van der Waals surface area contributed by atoms with Gasteiger partial charge in [-0.25, -0.2) is 0 Å². The summed E-state index contributed by atoms with van der Waals surface area (Å²) in [5.74, 6) is 0.0247. The number of carbonyl (C=O) groups excluding carboxylic acids is 1. The maximum Gasteiger partial charge on any atom is 0.232 e. The van der Waals surface area contributed by atoms with Gasteiger partial charge in [0.05, 0.1) is 11.1 Å². The summed E-state index contributed by atoms with van der Waals surface area (Å²) < 4.78 is 5.28. The monoisotopic (exact) mass is 240 g/mol. The number of thiophene rings is 1. The Hall–Kier alpha value is -0.910. The summed E-state index contributed by atoms with van der Waals surface area (Å²) >= 11 is 1.56. The molecule has 0 aromatic carbocycles. The molecular formula is C11H16N2O2S. The number of hydrogen-bond acceptors (Lipinski definition) is 4. The second-order valence-corrected chi connectivity index (χ2v) is 4.84. The number of nitrogens with one attached hydrogen (secondary N) is 1. The molecule has 0 saturated carbocycles. The molecule has 0 aliphatic carbocycles. The summed E-state index contributed by atoms with van der Waals surface area (Å²) in [6.07, 6.45) is 1.42. The van der Waals surface area contributed by atoms with Crippen molar-refractivity contribution in [2.45, 2.75) is 12.8 Å². The second kappa shape index (κ2) is 4.95. The van der Waals surface area contributed by atoms with Crippen LogP contribution in [0.3, 0.4) is 0 Å². The Kier molecular flexibility index (Phi) is 3.58. The van der Waals surface area contributed by atoms with Gasteiger partial charge >= 0.3 is 0 Å². The van der Waals surface area contributed by atoms with E-state index in [2.05, 4.69) is 5.32 Å². The smallest absolute Gasteiger partial charge is 0.232 e. The molecule has 1 fully saturated rings. The lowest BCUT2D eigenvalue weighted by Gasteiger charge is -2.34. The highest BCUT2D eigenvalue weighted by Gasteiger charge is 2.38. The van der Waals surface area contributed by atoms with Crippen molar-refractivity contribution in [1.82, 2.24) is 0 Å². The number of ether oxygens (including phenoxy) is 1. The van der Waals surface area contributed by atoms with Crippen LogP contribution >= 0.6 is 11.3 Å². The Bertz CT molecular complexity index is 345. The van der Waals surface area contributed by atoms with Gasteiger partial charge in [0, 0.05) is 25.1 Å². The van der Waals surface area contributed by atoms with E-state index in [1.165, 1.54) is 0 Å². The molecule has 1 saturated heterocycles. The van der Waals surface area contributed by atoms with Crippen molar-refractivity contribution in [2.75, 3.05) is 25.1 Å². The van der Waals surface area contributed by atoms with E-state index in [4.69, 9.17) is 10.5 Å². The Balaban J connectivity index is 2.06. The van der Waals surface area contributed by atoms with Crippen LogP contribution in [0.25, 0.3) is 0 Å². The van der Waals surface area contributed by atoms with Crippen LogP contribution in [0.1, 0.15) is 12.8 Å². The topological polar surface area (TPSA) is 64.4 Å². The molecule has 1 aliphatic heterocycles. The summed E-state index contributed by atoms with van der Waals surface area (Å²) in [6, 6.07) is 1.89. The fraction of sp³-hybridized carbons (Fsp3) is 0.545. The molecule has 2 heterocycles. The van der Waals surface area contributed by atoms with Gasteiger partial charge in [-0.15, -0.1) is 0 Å². The van der Waals surface area contributed by atoms with Crippen molar-refractivity contribution in [3.63, 3.8) is 0 Å². The van der Waals surface area contributed by atoms with Gasteiger partial charge < -0.3 is 15.8 Å². The molecule has 4 nitrogen and oxygen atoms in total. The number of rotatable bonds is 3. The minimum Gasteiger partial charge on any atom is -0.381 e. The van der Waals surface area contributed by atoms with Crippen LogP contribution in [0.5, 0.6) is 0 Å². The molecule has 88 valence electrons. The highest BCUT2D eigenvalue weighted by Crippen LogP contribution is 2.31. The minimum atomic E-state index is -0.444. The highest BCUT2D eigenvalue weighted by molar-refractivity contribution is 7.08. The number of carbonyl (C=O) groups is 1. The van der Waals surface area contributed by atoms with Crippen LogP contribution in [0.2, 0.25) is 0 Å². The minimum absolute atomic E-state index is 0.0247. The Morgan fingerprint density at radius 3 is 2.88 bits per heavy atom. The molecule has 2 rings (SSSR count). The maximum atomic E-state index is 12.2. The van der Waals surface area contributed by atoms with E-state index in [0.717, 1.165) is 5.69 Å². The van der Waals surface area contributed by atoms with Crippen molar-refractivity contribution < 1.29 is 9.53 Å². The highest BCUT2D eigenvalue weighted by atomic mass is 32.1. The summed E-state index contributed by atoms with van der Waals surface area (Å²) in [6.45, 7) is 1.62. The van der Waals surface area contributed by atoms with E-state index in [9.17, 15) is 4.79 Å². The molecule has 16 heavy (non-hydrogen) atoms. The largest absolute Gasteiger partial charge is 0.381 e. The lowest BCUT2D eigenvalue weighted by molar-refractivity contribution is -0.130. The molecule has 3 N–H and O–H groups in total. The zero-order chi connectivity index (χ0) is 11.4. The number of amides is 1. The summed E-state index contributed by atoms with van der Waals surface area (Å²) in [5, 5.41) is 6.78. The molecule has 0 spiro atoms. The average molecular weight is 240 g/mol. The number of anilines is 1. The van der Waals surface area contributed by atoms with Gasteiger partial charge in [-0.2, -0.15) is 11.3 Å². The van der Waals surface area contributed by atoms with E-state index >= 15 is 0 Å². The molecule has 0 unspecified atom stereocenters. The SMILES string of the molecule is NCC1(C(=O)Nc2ccsc2)CCOCC1. The van der Waals surface area contributed by atoms with Gasteiger partial charge in [0.2, 0.25) is 5.91 Å². The summed E-state index contributed by atoms with van der Waals surface area (Å²) in [7, 11) is 0. The number of hydrogen-bond donors (Lipinski definition) is 2. The van der Waals surface area contributed by atoms with E-state index in [1.54, 1.807) is 11.3 Å². The molecular weight excluding hydrogens is 224 g/mol. The molecule has 1 aromatic heterocycles. The molecule has 5 heteroatoms. The van der Waals surface area contributed by atoms with Crippen LogP contribution in [0.4, 0.5) is 5.69 Å². The third kappa shape index (κ3) is 2.26. The van der Waals surface area contributed by atoms with Crippen LogP contribution in [0.15, 0.2) is 16.8 Å². The van der Waals surface area contributed by atoms with Crippen LogP contribution < -0.4 is 11.1 Å². The molecule has 0 bridgehead atoms. The third-order valence-electron chi connectivity index (χ3n) is 3.10. The first-order chi connectivity index (χ1) is 7.77. The average Bonchev–Trinajstić information content (AvgIpc) is 2.82. The summed E-state index contributed by atoms with van der Waals surface area (Å²) in [4.78, 5) is 12.2. The maximum absolute atomic E-state index is 12.2. The van der Waals surface area contributed by atoms with Crippen molar-refractivity contribution >= 4 is 22.9 Å². The lowest BCUT2D eigenvalue weighted by Crippen LogP contribution is -2.46. The van der Waals surface area contributed by atoms with Crippen LogP contribution in [-0.2, 0) is 9.53 Å². The van der Waals surface area contributed by atoms with Gasteiger partial charge in [-0.05, 0) is 24.3 Å². The van der Waals surface area contributed by atoms with E-state index in [1.807, 2.05) is 16.8 Å². The van der Waals surface area contributed by atoms with Gasteiger partial charge in [-0.1, -0.05) is 0 Å². The normalized spacial score (nSPS) is 19.3. The third-order valence-corrected chi connectivity index (χ3v) is 3.78. The van der Waals surface area contributed by atoms with E-state index in [0.29, 0.717) is 32.6 Å². The van der Waals surface area contributed by atoms with Crippen molar-refractivity contribution in [3.8, 4) is 0 Å². The standard InChI is InChI=1S/C11H16N2O2S/c12-8-11(2-4-15-5-3-11)10(14)13-9-1-6-16-7-9/h1,6-7H,2-5,8,12H2,(H,13,14). The first kappa shape index (κ1) is 11.6. The van der Waals surface area contributed by atoms with Crippen molar-refractivity contribution in [3.05, 3.63) is 16.8 Å². The van der Waals surface area contributed by atoms with Crippen LogP contribution in [-0.4, -0.2) is 25.7 Å². The molecule has 0 radical (unpaired) electrons. The second-order valence-electron chi connectivity index (χ2n) is 4.06. The molecule has 0 atom stereocenters. The van der Waals surface area contributed by atoms with E-state index in [-0.39, 0.29) is 5.91 Å². The summed E-state index contributed by atoms with van der Waals surface area (Å²) in [5.41, 5.74) is 6.17. The zero-order valence-electron chi connectivity index (χ0n) is 9.07. The predicted molar refractivity (Wildman–Crippen MR) is 64.5 cm³/mol. The Morgan fingerprint density at radius 2 is 2.31 bits per heavy atom. The Morgan fingerprint density at radius 1 is 1.56 bits per heavy atom. The first-order valence-corrected chi connectivity index (χ1v) is 6.33. The van der Waals surface area contributed by atoms with Gasteiger partial charge in [-0.3, -0.25) is 4.79 Å². The molecule has 1 aliphatic rings. The molecule has 1 aromatic rings. The van der Waals surface area contributed by atoms with Crippen molar-refractivity contribution in [2.24, 2.45) is 11.1 Å². The fourth-order valence-electron chi connectivity index (χ4n) is 1.89. The zero-order valence-corrected chi connectivity index (χ0v) is 9.89. The molecule has 1 amide bonds. The van der Waals surface area contributed by atoms with Gasteiger partial charge in [0.25, 0.3) is 0 Å². The fourth-order valence-corrected chi connectivity index (χ4v) is 2.47. The number of nitrogens with two attached hydrogens (primary N) is 1.